The number of carbonyl (C=O) groups is 2. The van der Waals surface area contributed by atoms with Crippen LogP contribution in [0, 0.1) is 16.7 Å². The summed E-state index contributed by atoms with van der Waals surface area (Å²) in [5.41, 5.74) is -1.00. The van der Waals surface area contributed by atoms with Crippen LogP contribution in [0.5, 0.6) is 0 Å². The van der Waals surface area contributed by atoms with Gasteiger partial charge in [0, 0.05) is 13.1 Å². The van der Waals surface area contributed by atoms with E-state index >= 15 is 0 Å². The molecule has 0 unspecified atom stereocenters. The summed E-state index contributed by atoms with van der Waals surface area (Å²) < 4.78 is 4.55. The molecule has 1 rings (SSSR count). The van der Waals surface area contributed by atoms with Crippen molar-refractivity contribution in [3.8, 4) is 6.07 Å². The van der Waals surface area contributed by atoms with Gasteiger partial charge < -0.3 is 14.7 Å². The molecule has 1 aliphatic heterocycles. The third kappa shape index (κ3) is 2.24. The molecule has 0 atom stereocenters. The Morgan fingerprint density at radius 1 is 1.50 bits per heavy atom. The Labute approximate surface area is 93.4 Å². The fourth-order valence-electron chi connectivity index (χ4n) is 1.86. The summed E-state index contributed by atoms with van der Waals surface area (Å²) in [6.45, 7) is 0.640. The maximum atomic E-state index is 11.2. The number of nitrogens with zero attached hydrogens (tertiary/aromatic N) is 2. The van der Waals surface area contributed by atoms with Gasteiger partial charge in [-0.1, -0.05) is 0 Å². The Bertz CT molecular complexity index is 326. The maximum Gasteiger partial charge on any atom is 0.409 e. The van der Waals surface area contributed by atoms with Gasteiger partial charge >= 0.3 is 12.1 Å². The van der Waals surface area contributed by atoms with E-state index in [9.17, 15) is 9.59 Å². The SMILES string of the molecule is COC(=O)N1CCC(CC#N)(C(=O)O)CC1. The van der Waals surface area contributed by atoms with Gasteiger partial charge in [0.05, 0.1) is 25.0 Å². The third-order valence-electron chi connectivity index (χ3n) is 3.02. The summed E-state index contributed by atoms with van der Waals surface area (Å²) in [6.07, 6.45) is 0.129. The number of piperidine rings is 1. The van der Waals surface area contributed by atoms with Crippen LogP contribution in [0.2, 0.25) is 0 Å². The van der Waals surface area contributed by atoms with Gasteiger partial charge in [0.25, 0.3) is 0 Å². The highest BCUT2D eigenvalue weighted by atomic mass is 16.5. The summed E-state index contributed by atoms with van der Waals surface area (Å²) in [5.74, 6) is -0.960. The summed E-state index contributed by atoms with van der Waals surface area (Å²) in [7, 11) is 1.29. The van der Waals surface area contributed by atoms with Crippen molar-refractivity contribution in [2.24, 2.45) is 5.41 Å². The normalized spacial score (nSPS) is 18.6. The topological polar surface area (TPSA) is 90.6 Å². The summed E-state index contributed by atoms with van der Waals surface area (Å²) in [6, 6.07) is 1.90. The molecule has 1 aliphatic rings. The van der Waals surface area contributed by atoms with Crippen LogP contribution in [0.1, 0.15) is 19.3 Å². The molecule has 1 amide bonds. The van der Waals surface area contributed by atoms with Crippen LogP contribution in [-0.4, -0.2) is 42.3 Å². The molecule has 0 aliphatic carbocycles. The van der Waals surface area contributed by atoms with Crippen molar-refractivity contribution >= 4 is 12.1 Å². The van der Waals surface area contributed by atoms with E-state index in [4.69, 9.17) is 10.4 Å². The van der Waals surface area contributed by atoms with Crippen LogP contribution in [0.4, 0.5) is 4.79 Å². The number of rotatable bonds is 2. The average Bonchev–Trinajstić information content (AvgIpc) is 2.29. The number of nitriles is 1. The first-order valence-electron chi connectivity index (χ1n) is 4.99. The number of hydrogen-bond acceptors (Lipinski definition) is 4. The molecule has 0 spiro atoms. The van der Waals surface area contributed by atoms with Crippen molar-refractivity contribution in [3.05, 3.63) is 0 Å². The minimum Gasteiger partial charge on any atom is -0.481 e. The van der Waals surface area contributed by atoms with E-state index < -0.39 is 17.5 Å². The predicted octanol–water partition coefficient (Wildman–Crippen LogP) is 0.833. The summed E-state index contributed by atoms with van der Waals surface area (Å²) in [4.78, 5) is 23.8. The van der Waals surface area contributed by atoms with E-state index in [1.807, 2.05) is 6.07 Å². The largest absolute Gasteiger partial charge is 0.481 e. The minimum atomic E-state index is -1.00. The summed E-state index contributed by atoms with van der Waals surface area (Å²) in [5, 5.41) is 17.8. The lowest BCUT2D eigenvalue weighted by atomic mass is 9.76. The van der Waals surface area contributed by atoms with Crippen LogP contribution in [0.25, 0.3) is 0 Å². The molecule has 1 N–H and O–H groups in total. The molecule has 0 aromatic carbocycles. The second-order valence-electron chi connectivity index (χ2n) is 3.88. The highest BCUT2D eigenvalue weighted by Gasteiger charge is 2.42. The van der Waals surface area contributed by atoms with E-state index in [2.05, 4.69) is 4.74 Å². The second kappa shape index (κ2) is 4.84. The van der Waals surface area contributed by atoms with Gasteiger partial charge in [-0.2, -0.15) is 5.26 Å². The van der Waals surface area contributed by atoms with Crippen molar-refractivity contribution in [2.75, 3.05) is 20.2 Å². The molecule has 0 bridgehead atoms. The van der Waals surface area contributed by atoms with Gasteiger partial charge in [-0.3, -0.25) is 4.79 Å². The molecule has 6 heteroatoms. The zero-order valence-electron chi connectivity index (χ0n) is 9.10. The fourth-order valence-corrected chi connectivity index (χ4v) is 1.86. The number of aliphatic carboxylic acids is 1. The molecular formula is C10H14N2O4. The van der Waals surface area contributed by atoms with Crippen molar-refractivity contribution in [3.63, 3.8) is 0 Å². The molecule has 0 aromatic rings. The molecule has 88 valence electrons. The number of amides is 1. The van der Waals surface area contributed by atoms with Crippen molar-refractivity contribution in [2.45, 2.75) is 19.3 Å². The van der Waals surface area contributed by atoms with Crippen molar-refractivity contribution < 1.29 is 19.4 Å². The van der Waals surface area contributed by atoms with Crippen molar-refractivity contribution in [1.29, 1.82) is 5.26 Å². The standard InChI is InChI=1S/C10H14N2O4/c1-16-9(15)12-6-3-10(2-5-11,4-7-12)8(13)14/h2-4,6-7H2,1H3,(H,13,14). The van der Waals surface area contributed by atoms with Crippen LogP contribution in [-0.2, 0) is 9.53 Å². The Kier molecular flexibility index (Phi) is 3.72. The Balaban J connectivity index is 2.67. The van der Waals surface area contributed by atoms with Crippen LogP contribution in [0.15, 0.2) is 0 Å². The van der Waals surface area contributed by atoms with E-state index in [0.29, 0.717) is 25.9 Å². The second-order valence-corrected chi connectivity index (χ2v) is 3.88. The molecule has 16 heavy (non-hydrogen) atoms. The number of ether oxygens (including phenoxy) is 1. The quantitative estimate of drug-likeness (QED) is 0.753. The first kappa shape index (κ1) is 12.3. The van der Waals surface area contributed by atoms with Gasteiger partial charge in [-0.25, -0.2) is 4.79 Å². The first-order valence-corrected chi connectivity index (χ1v) is 4.99. The van der Waals surface area contributed by atoms with Gasteiger partial charge in [-0.15, -0.1) is 0 Å². The van der Waals surface area contributed by atoms with E-state index in [0.717, 1.165) is 0 Å². The lowest BCUT2D eigenvalue weighted by molar-refractivity contribution is -0.151. The highest BCUT2D eigenvalue weighted by molar-refractivity contribution is 5.76. The van der Waals surface area contributed by atoms with Crippen LogP contribution < -0.4 is 0 Å². The number of hydrogen-bond donors (Lipinski definition) is 1. The van der Waals surface area contributed by atoms with Crippen LogP contribution in [0.3, 0.4) is 0 Å². The van der Waals surface area contributed by atoms with E-state index in [1.165, 1.54) is 12.0 Å². The Hall–Kier alpha value is -1.77. The number of carbonyl (C=O) groups excluding carboxylic acids is 1. The highest BCUT2D eigenvalue weighted by Crippen LogP contribution is 2.35. The van der Waals surface area contributed by atoms with E-state index in [1.54, 1.807) is 0 Å². The first-order chi connectivity index (χ1) is 7.55. The zero-order chi connectivity index (χ0) is 12.2. The average molecular weight is 226 g/mol. The van der Waals surface area contributed by atoms with Gasteiger partial charge in [0.15, 0.2) is 0 Å². The van der Waals surface area contributed by atoms with Crippen LogP contribution >= 0.6 is 0 Å². The molecule has 0 saturated carbocycles. The Morgan fingerprint density at radius 3 is 2.44 bits per heavy atom. The minimum absolute atomic E-state index is 0.0165. The summed E-state index contributed by atoms with van der Waals surface area (Å²) >= 11 is 0. The molecule has 1 saturated heterocycles. The predicted molar refractivity (Wildman–Crippen MR) is 53.5 cm³/mol. The molecule has 6 nitrogen and oxygen atoms in total. The van der Waals surface area contributed by atoms with E-state index in [-0.39, 0.29) is 6.42 Å². The molecule has 0 radical (unpaired) electrons. The smallest absolute Gasteiger partial charge is 0.409 e. The van der Waals surface area contributed by atoms with Crippen molar-refractivity contribution in [1.82, 2.24) is 4.90 Å². The fraction of sp³-hybridized carbons (Fsp3) is 0.700. The lowest BCUT2D eigenvalue weighted by Crippen LogP contribution is -2.46. The third-order valence-corrected chi connectivity index (χ3v) is 3.02. The van der Waals surface area contributed by atoms with Gasteiger partial charge in [0.1, 0.15) is 0 Å². The van der Waals surface area contributed by atoms with Gasteiger partial charge in [-0.05, 0) is 12.8 Å². The molecule has 1 heterocycles. The molecule has 1 fully saturated rings. The number of methoxy groups -OCH3 is 1. The Morgan fingerprint density at radius 2 is 2.06 bits per heavy atom. The molecular weight excluding hydrogens is 212 g/mol. The number of likely N-dealkylation sites (tertiary alicyclic amines) is 1. The number of carboxylic acid groups (broad SMARTS) is 1. The lowest BCUT2D eigenvalue weighted by Gasteiger charge is -2.36. The molecule has 0 aromatic heterocycles. The van der Waals surface area contributed by atoms with Gasteiger partial charge in [0.2, 0.25) is 0 Å². The zero-order valence-corrected chi connectivity index (χ0v) is 9.10. The maximum absolute atomic E-state index is 11.2. The monoisotopic (exact) mass is 226 g/mol. The number of carboxylic acids is 1.